The number of hydrogen-bond donors (Lipinski definition) is 2. The SMILES string of the molecule is CCOc1ccc(C=NNc2ccc(S(=O)(=O)Nc3cccc(Cl)c3)cc2[N+](=O)[O-])cc1. The smallest absolute Gasteiger partial charge is 0.295 e. The third kappa shape index (κ3) is 5.96. The summed E-state index contributed by atoms with van der Waals surface area (Å²) in [6.45, 7) is 2.44. The van der Waals surface area contributed by atoms with Gasteiger partial charge >= 0.3 is 0 Å². The van der Waals surface area contributed by atoms with Gasteiger partial charge in [-0.05, 0) is 67.1 Å². The predicted octanol–water partition coefficient (Wildman–Crippen LogP) is 4.89. The normalized spacial score (nSPS) is 11.3. The minimum atomic E-state index is -4.07. The fourth-order valence-corrected chi connectivity index (χ4v) is 3.94. The van der Waals surface area contributed by atoms with Crippen molar-refractivity contribution in [3.8, 4) is 5.75 Å². The Hall–Kier alpha value is -3.63. The Kier molecular flexibility index (Phi) is 7.29. The number of nitrogens with zero attached hydrogens (tertiary/aromatic N) is 2. The molecule has 3 aromatic carbocycles. The standard InChI is InChI=1S/C21H19ClN4O5S/c1-2-31-18-8-6-15(7-9-18)14-23-24-20-11-10-19(13-21(20)26(27)28)32(29,30)25-17-5-3-4-16(22)12-17/h3-14,24-25H,2H2,1H3. The number of sulfonamides is 1. The number of hydrogen-bond acceptors (Lipinski definition) is 7. The van der Waals surface area contributed by atoms with E-state index in [9.17, 15) is 18.5 Å². The molecule has 0 radical (unpaired) electrons. The molecule has 32 heavy (non-hydrogen) atoms. The quantitative estimate of drug-likeness (QED) is 0.258. The minimum absolute atomic E-state index is 0.0406. The van der Waals surface area contributed by atoms with Crippen LogP contribution in [-0.2, 0) is 10.0 Å². The van der Waals surface area contributed by atoms with Gasteiger partial charge in [0.25, 0.3) is 15.7 Å². The molecule has 0 heterocycles. The maximum Gasteiger partial charge on any atom is 0.295 e. The largest absolute Gasteiger partial charge is 0.494 e. The van der Waals surface area contributed by atoms with Crippen LogP contribution < -0.4 is 14.9 Å². The van der Waals surface area contributed by atoms with Gasteiger partial charge < -0.3 is 4.74 Å². The number of nitro groups is 1. The van der Waals surface area contributed by atoms with Crippen molar-refractivity contribution in [2.75, 3.05) is 16.8 Å². The first-order valence-electron chi connectivity index (χ1n) is 9.37. The lowest BCUT2D eigenvalue weighted by atomic mass is 10.2. The van der Waals surface area contributed by atoms with Gasteiger partial charge in [0, 0.05) is 11.1 Å². The number of nitrogens with one attached hydrogen (secondary N) is 2. The van der Waals surface area contributed by atoms with Gasteiger partial charge in [-0.25, -0.2) is 8.42 Å². The Morgan fingerprint density at radius 2 is 1.88 bits per heavy atom. The van der Waals surface area contributed by atoms with Crippen molar-refractivity contribution in [2.45, 2.75) is 11.8 Å². The zero-order valence-electron chi connectivity index (χ0n) is 16.9. The fourth-order valence-electron chi connectivity index (χ4n) is 2.68. The summed E-state index contributed by atoms with van der Waals surface area (Å²) in [5.41, 5.74) is 3.16. The zero-order valence-corrected chi connectivity index (χ0v) is 18.4. The molecule has 0 atom stereocenters. The molecule has 0 aliphatic rings. The molecule has 0 fully saturated rings. The average molecular weight is 475 g/mol. The van der Waals surface area contributed by atoms with E-state index in [-0.39, 0.29) is 16.3 Å². The molecule has 0 amide bonds. The van der Waals surface area contributed by atoms with Crippen molar-refractivity contribution in [1.82, 2.24) is 0 Å². The van der Waals surface area contributed by atoms with E-state index >= 15 is 0 Å². The van der Waals surface area contributed by atoms with E-state index in [1.165, 1.54) is 30.5 Å². The molecule has 0 aliphatic carbocycles. The van der Waals surface area contributed by atoms with Crippen molar-refractivity contribution in [3.05, 3.63) is 87.4 Å². The second-order valence-corrected chi connectivity index (χ2v) is 8.54. The summed E-state index contributed by atoms with van der Waals surface area (Å²) in [5, 5.41) is 15.9. The lowest BCUT2D eigenvalue weighted by molar-refractivity contribution is -0.384. The zero-order chi connectivity index (χ0) is 23.1. The highest BCUT2D eigenvalue weighted by atomic mass is 35.5. The van der Waals surface area contributed by atoms with Crippen LogP contribution in [0.5, 0.6) is 5.75 Å². The number of hydrazone groups is 1. The van der Waals surface area contributed by atoms with Gasteiger partial charge in [0.05, 0.1) is 28.3 Å². The molecular weight excluding hydrogens is 456 g/mol. The van der Waals surface area contributed by atoms with Crippen LogP contribution in [0.25, 0.3) is 0 Å². The van der Waals surface area contributed by atoms with Gasteiger partial charge in [0.1, 0.15) is 11.4 Å². The van der Waals surface area contributed by atoms with Gasteiger partial charge in [0.15, 0.2) is 0 Å². The summed E-state index contributed by atoms with van der Waals surface area (Å²) < 4.78 is 33.0. The van der Waals surface area contributed by atoms with Crippen LogP contribution >= 0.6 is 11.6 Å². The summed E-state index contributed by atoms with van der Waals surface area (Å²) in [6.07, 6.45) is 1.48. The minimum Gasteiger partial charge on any atom is -0.494 e. The molecule has 3 aromatic rings. The molecule has 9 nitrogen and oxygen atoms in total. The van der Waals surface area contributed by atoms with Crippen LogP contribution in [0.3, 0.4) is 0 Å². The Labute approximate surface area is 189 Å². The fraction of sp³-hybridized carbons (Fsp3) is 0.0952. The van der Waals surface area contributed by atoms with E-state index in [2.05, 4.69) is 15.2 Å². The summed E-state index contributed by atoms with van der Waals surface area (Å²) in [4.78, 5) is 10.5. The molecule has 2 N–H and O–H groups in total. The van der Waals surface area contributed by atoms with Crippen LogP contribution in [0.2, 0.25) is 5.02 Å². The third-order valence-electron chi connectivity index (χ3n) is 4.14. The topological polar surface area (TPSA) is 123 Å². The van der Waals surface area contributed by atoms with Crippen LogP contribution in [0.4, 0.5) is 17.1 Å². The van der Waals surface area contributed by atoms with Crippen molar-refractivity contribution in [3.63, 3.8) is 0 Å². The second-order valence-electron chi connectivity index (χ2n) is 6.42. The number of rotatable bonds is 9. The van der Waals surface area contributed by atoms with Gasteiger partial charge in [0.2, 0.25) is 0 Å². The predicted molar refractivity (Wildman–Crippen MR) is 124 cm³/mol. The third-order valence-corrected chi connectivity index (χ3v) is 5.76. The highest BCUT2D eigenvalue weighted by Crippen LogP contribution is 2.29. The van der Waals surface area contributed by atoms with Crippen molar-refractivity contribution in [2.24, 2.45) is 5.10 Å². The Balaban J connectivity index is 1.79. The highest BCUT2D eigenvalue weighted by molar-refractivity contribution is 7.92. The molecule has 0 aliphatic heterocycles. The summed E-state index contributed by atoms with van der Waals surface area (Å²) in [6, 6.07) is 16.7. The summed E-state index contributed by atoms with van der Waals surface area (Å²) >= 11 is 5.87. The van der Waals surface area contributed by atoms with E-state index in [0.717, 1.165) is 17.4 Å². The first-order valence-corrected chi connectivity index (χ1v) is 11.2. The summed E-state index contributed by atoms with van der Waals surface area (Å²) in [5.74, 6) is 0.719. The molecular formula is C21H19ClN4O5S. The molecule has 0 saturated heterocycles. The second kappa shape index (κ2) is 10.1. The molecule has 3 rings (SSSR count). The molecule has 0 unspecified atom stereocenters. The van der Waals surface area contributed by atoms with Gasteiger partial charge in [-0.1, -0.05) is 17.7 Å². The van der Waals surface area contributed by atoms with E-state index in [4.69, 9.17) is 16.3 Å². The summed E-state index contributed by atoms with van der Waals surface area (Å²) in [7, 11) is -4.07. The number of nitro benzene ring substituents is 1. The van der Waals surface area contributed by atoms with E-state index in [0.29, 0.717) is 11.6 Å². The van der Waals surface area contributed by atoms with Crippen LogP contribution in [0.15, 0.2) is 76.7 Å². The van der Waals surface area contributed by atoms with Crippen molar-refractivity contribution < 1.29 is 18.1 Å². The van der Waals surface area contributed by atoms with Gasteiger partial charge in [-0.2, -0.15) is 5.10 Å². The van der Waals surface area contributed by atoms with Gasteiger partial charge in [-0.15, -0.1) is 0 Å². The molecule has 11 heteroatoms. The van der Waals surface area contributed by atoms with Crippen LogP contribution in [0.1, 0.15) is 12.5 Å². The van der Waals surface area contributed by atoms with E-state index in [1.54, 1.807) is 36.4 Å². The first kappa shape index (κ1) is 23.0. The van der Waals surface area contributed by atoms with Crippen molar-refractivity contribution in [1.29, 1.82) is 0 Å². The maximum atomic E-state index is 12.6. The number of anilines is 2. The van der Waals surface area contributed by atoms with Gasteiger partial charge in [-0.3, -0.25) is 20.3 Å². The molecule has 0 bridgehead atoms. The Bertz CT molecular complexity index is 1250. The number of benzene rings is 3. The number of ether oxygens (including phenoxy) is 1. The lowest BCUT2D eigenvalue weighted by Gasteiger charge is -2.09. The molecule has 0 spiro atoms. The van der Waals surface area contributed by atoms with E-state index in [1.807, 2.05) is 6.92 Å². The monoisotopic (exact) mass is 474 g/mol. The Morgan fingerprint density at radius 1 is 1.12 bits per heavy atom. The first-order chi connectivity index (χ1) is 15.3. The number of halogens is 1. The average Bonchev–Trinajstić information content (AvgIpc) is 2.75. The maximum absolute atomic E-state index is 12.6. The Morgan fingerprint density at radius 3 is 2.53 bits per heavy atom. The van der Waals surface area contributed by atoms with E-state index < -0.39 is 20.6 Å². The van der Waals surface area contributed by atoms with Crippen LogP contribution in [-0.4, -0.2) is 26.2 Å². The lowest BCUT2D eigenvalue weighted by Crippen LogP contribution is -2.13. The highest BCUT2D eigenvalue weighted by Gasteiger charge is 2.21. The van der Waals surface area contributed by atoms with Crippen molar-refractivity contribution >= 4 is 44.9 Å². The molecule has 0 aromatic heterocycles. The molecule has 166 valence electrons. The van der Waals surface area contributed by atoms with Crippen LogP contribution in [0, 0.1) is 10.1 Å². The molecule has 0 saturated carbocycles.